The summed E-state index contributed by atoms with van der Waals surface area (Å²) < 4.78 is 1.80. The number of hydrogen-bond donors (Lipinski definition) is 2. The molecule has 1 fully saturated rings. The highest BCUT2D eigenvalue weighted by Gasteiger charge is 2.36. The van der Waals surface area contributed by atoms with Crippen LogP contribution < -0.4 is 5.43 Å². The molecule has 1 aliphatic carbocycles. The summed E-state index contributed by atoms with van der Waals surface area (Å²) in [4.78, 5) is 23.9. The van der Waals surface area contributed by atoms with E-state index in [-0.39, 0.29) is 18.2 Å². The Bertz CT molecular complexity index is 1130. The van der Waals surface area contributed by atoms with Gasteiger partial charge >= 0.3 is 5.97 Å². The lowest BCUT2D eigenvalue weighted by atomic mass is 9.77. The average Bonchev–Trinajstić information content (AvgIpc) is 3.49. The lowest BCUT2D eigenvalue weighted by Gasteiger charge is -2.40. The van der Waals surface area contributed by atoms with Crippen LogP contribution in [0, 0.1) is 23.2 Å². The van der Waals surface area contributed by atoms with Gasteiger partial charge in [0.25, 0.3) is 0 Å². The molecule has 2 aromatic rings. The van der Waals surface area contributed by atoms with E-state index in [1.165, 1.54) is 12.3 Å². The summed E-state index contributed by atoms with van der Waals surface area (Å²) in [6.07, 6.45) is 4.22. The maximum absolute atomic E-state index is 12.4. The molecule has 1 saturated carbocycles. The van der Waals surface area contributed by atoms with E-state index in [1.54, 1.807) is 4.57 Å². The van der Waals surface area contributed by atoms with E-state index in [9.17, 15) is 19.8 Å². The average molecular weight is 412 g/mol. The molecule has 0 saturated heterocycles. The van der Waals surface area contributed by atoms with Gasteiger partial charge in [0.05, 0.1) is 17.3 Å². The van der Waals surface area contributed by atoms with Crippen LogP contribution in [0.4, 0.5) is 0 Å². The second kappa shape index (κ2) is 7.05. The molecular formula is C23H22ClNO4. The highest BCUT2D eigenvalue weighted by atomic mass is 35.5. The van der Waals surface area contributed by atoms with Gasteiger partial charge in [-0.15, -0.1) is 0 Å². The third kappa shape index (κ3) is 3.59. The third-order valence-electron chi connectivity index (χ3n) is 5.83. The molecule has 2 heterocycles. The highest BCUT2D eigenvalue weighted by Crippen LogP contribution is 2.43. The topological polar surface area (TPSA) is 79.5 Å². The van der Waals surface area contributed by atoms with Crippen LogP contribution >= 0.6 is 11.6 Å². The van der Waals surface area contributed by atoms with Crippen LogP contribution in [0.25, 0.3) is 11.3 Å². The van der Waals surface area contributed by atoms with Crippen molar-refractivity contribution >= 4 is 17.6 Å². The Morgan fingerprint density at radius 2 is 2.03 bits per heavy atom. The van der Waals surface area contributed by atoms with Gasteiger partial charge in [0.1, 0.15) is 5.56 Å². The number of halogens is 1. The molecule has 0 amide bonds. The Morgan fingerprint density at radius 1 is 1.31 bits per heavy atom. The molecule has 1 atom stereocenters. The first-order chi connectivity index (χ1) is 13.7. The Hall–Kier alpha value is -2.55. The van der Waals surface area contributed by atoms with Gasteiger partial charge in [-0.25, -0.2) is 4.79 Å². The van der Waals surface area contributed by atoms with Crippen LogP contribution in [0.15, 0.2) is 29.2 Å². The van der Waals surface area contributed by atoms with Gasteiger partial charge in [0.2, 0.25) is 0 Å². The monoisotopic (exact) mass is 411 g/mol. The smallest absolute Gasteiger partial charge is 0.341 e. The van der Waals surface area contributed by atoms with Crippen molar-refractivity contribution in [2.45, 2.75) is 39.2 Å². The molecule has 0 spiro atoms. The molecular weight excluding hydrogens is 390 g/mol. The van der Waals surface area contributed by atoms with Crippen LogP contribution in [-0.4, -0.2) is 27.4 Å². The van der Waals surface area contributed by atoms with E-state index in [0.717, 1.165) is 29.5 Å². The van der Waals surface area contributed by atoms with Crippen LogP contribution in [0.5, 0.6) is 0 Å². The molecule has 1 aromatic heterocycles. The predicted octanol–water partition coefficient (Wildman–Crippen LogP) is 3.74. The van der Waals surface area contributed by atoms with Gasteiger partial charge < -0.3 is 14.8 Å². The minimum atomic E-state index is -1.26. The molecule has 6 heteroatoms. The molecule has 150 valence electrons. The third-order valence-corrected chi connectivity index (χ3v) is 6.14. The van der Waals surface area contributed by atoms with Gasteiger partial charge in [0.15, 0.2) is 5.43 Å². The van der Waals surface area contributed by atoms with Crippen molar-refractivity contribution in [3.63, 3.8) is 0 Å². The first-order valence-electron chi connectivity index (χ1n) is 9.66. The number of aromatic nitrogens is 1. The number of carboxylic acid groups (broad SMARTS) is 1. The van der Waals surface area contributed by atoms with Crippen molar-refractivity contribution in [3.05, 3.63) is 56.3 Å². The molecule has 0 radical (unpaired) electrons. The van der Waals surface area contributed by atoms with E-state index in [4.69, 9.17) is 11.6 Å². The maximum Gasteiger partial charge on any atom is 0.341 e. The number of pyridine rings is 1. The fourth-order valence-corrected chi connectivity index (χ4v) is 3.99. The SMILES string of the molecule is CC(C)(CO)[C@@H]1Cc2cc(C#CC3CC3)c(Cl)cc2-c2cc(=O)c(C(=O)O)cn21. The predicted molar refractivity (Wildman–Crippen MR) is 111 cm³/mol. The summed E-state index contributed by atoms with van der Waals surface area (Å²) in [7, 11) is 0. The fraction of sp³-hybridized carbons (Fsp3) is 0.391. The summed E-state index contributed by atoms with van der Waals surface area (Å²) in [5, 5.41) is 19.9. The van der Waals surface area contributed by atoms with Crippen molar-refractivity contribution in [1.29, 1.82) is 0 Å². The summed E-state index contributed by atoms with van der Waals surface area (Å²) in [6, 6.07) is 4.90. The zero-order valence-corrected chi connectivity index (χ0v) is 17.1. The first-order valence-corrected chi connectivity index (χ1v) is 10.0. The molecule has 5 nitrogen and oxygen atoms in total. The Balaban J connectivity index is 1.93. The number of hydrogen-bond acceptors (Lipinski definition) is 3. The summed E-state index contributed by atoms with van der Waals surface area (Å²) in [5.74, 6) is 5.59. The molecule has 4 rings (SSSR count). The van der Waals surface area contributed by atoms with Crippen LogP contribution in [0.2, 0.25) is 5.02 Å². The lowest BCUT2D eigenvalue weighted by Crippen LogP contribution is -2.36. The summed E-state index contributed by atoms with van der Waals surface area (Å²) in [6.45, 7) is 3.77. The number of benzene rings is 1. The van der Waals surface area contributed by atoms with Crippen molar-refractivity contribution in [1.82, 2.24) is 4.57 Å². The number of carbonyl (C=O) groups is 1. The molecule has 0 bridgehead atoms. The largest absolute Gasteiger partial charge is 0.477 e. The second-order valence-electron chi connectivity index (χ2n) is 8.55. The Kier molecular flexibility index (Phi) is 4.80. The normalized spacial score (nSPS) is 17.7. The molecule has 1 aromatic carbocycles. The second-order valence-corrected chi connectivity index (χ2v) is 8.96. The fourth-order valence-electron chi connectivity index (χ4n) is 3.78. The molecule has 29 heavy (non-hydrogen) atoms. The highest BCUT2D eigenvalue weighted by molar-refractivity contribution is 6.32. The van der Waals surface area contributed by atoms with E-state index in [1.807, 2.05) is 26.0 Å². The number of rotatable bonds is 3. The Morgan fingerprint density at radius 3 is 2.66 bits per heavy atom. The minimum absolute atomic E-state index is 0.0805. The van der Waals surface area contributed by atoms with E-state index < -0.39 is 16.8 Å². The van der Waals surface area contributed by atoms with Gasteiger partial charge in [-0.05, 0) is 37.0 Å². The minimum Gasteiger partial charge on any atom is -0.477 e. The molecule has 0 unspecified atom stereocenters. The quantitative estimate of drug-likeness (QED) is 0.754. The van der Waals surface area contributed by atoms with E-state index >= 15 is 0 Å². The van der Waals surface area contributed by atoms with E-state index in [2.05, 4.69) is 11.8 Å². The molecule has 2 aliphatic rings. The molecule has 1 aliphatic heterocycles. The summed E-state index contributed by atoms with van der Waals surface area (Å²) in [5.41, 5.74) is 1.79. The molecule has 2 N–H and O–H groups in total. The zero-order chi connectivity index (χ0) is 20.9. The Labute approximate surface area is 173 Å². The first kappa shape index (κ1) is 19.8. The van der Waals surface area contributed by atoms with Crippen LogP contribution in [0.3, 0.4) is 0 Å². The standard InChI is InChI=1S/C23H22ClNO4/c1-23(2,12-26)21-8-15-7-14(6-5-13-3-4-13)18(24)9-16(15)19-10-20(27)17(22(28)29)11-25(19)21/h7,9-11,13,21,26H,3-4,8,12H2,1-2H3,(H,28,29)/t21-/m0/s1. The number of carboxylic acids is 1. The number of aliphatic hydroxyl groups excluding tert-OH is 1. The van der Waals surface area contributed by atoms with Gasteiger partial charge in [-0.3, -0.25) is 4.79 Å². The van der Waals surface area contributed by atoms with Gasteiger partial charge in [-0.1, -0.05) is 37.3 Å². The van der Waals surface area contributed by atoms with Crippen LogP contribution in [0.1, 0.15) is 54.2 Å². The van der Waals surface area contributed by atoms with Gasteiger partial charge in [0, 0.05) is 40.8 Å². The van der Waals surface area contributed by atoms with Crippen molar-refractivity contribution in [2.75, 3.05) is 6.61 Å². The summed E-state index contributed by atoms with van der Waals surface area (Å²) >= 11 is 6.48. The number of fused-ring (bicyclic) bond motifs is 3. The van der Waals surface area contributed by atoms with E-state index in [0.29, 0.717) is 23.1 Å². The number of aromatic carboxylic acids is 1. The lowest BCUT2D eigenvalue weighted by molar-refractivity contribution is 0.0691. The van der Waals surface area contributed by atoms with Crippen molar-refractivity contribution < 1.29 is 15.0 Å². The van der Waals surface area contributed by atoms with Crippen molar-refractivity contribution in [2.24, 2.45) is 11.3 Å². The maximum atomic E-state index is 12.4. The number of nitrogens with zero attached hydrogens (tertiary/aromatic N) is 1. The van der Waals surface area contributed by atoms with Crippen molar-refractivity contribution in [3.8, 4) is 23.1 Å². The van der Waals surface area contributed by atoms with Crippen LogP contribution in [-0.2, 0) is 6.42 Å². The number of aliphatic hydroxyl groups is 1. The zero-order valence-electron chi connectivity index (χ0n) is 16.3. The van der Waals surface area contributed by atoms with Gasteiger partial charge in [-0.2, -0.15) is 0 Å².